The van der Waals surface area contributed by atoms with Crippen molar-refractivity contribution < 1.29 is 13.5 Å². The summed E-state index contributed by atoms with van der Waals surface area (Å²) in [5.74, 6) is 0. The SMILES string of the molecule is C[C@@H](O)c1ccnc(Sc2ccc(S(C)(=O)=O)cc2)c1. The highest BCUT2D eigenvalue weighted by Gasteiger charge is 2.08. The molecule has 1 aromatic carbocycles. The molecule has 0 aliphatic carbocycles. The summed E-state index contributed by atoms with van der Waals surface area (Å²) in [4.78, 5) is 5.42. The van der Waals surface area contributed by atoms with Crippen LogP contribution in [0.3, 0.4) is 0 Å². The van der Waals surface area contributed by atoms with Crippen LogP contribution in [0, 0.1) is 0 Å². The second-order valence-electron chi connectivity index (χ2n) is 4.45. The van der Waals surface area contributed by atoms with E-state index in [2.05, 4.69) is 4.98 Å². The van der Waals surface area contributed by atoms with Gasteiger partial charge in [0, 0.05) is 17.3 Å². The third-order valence-electron chi connectivity index (χ3n) is 2.72. The smallest absolute Gasteiger partial charge is 0.175 e. The third kappa shape index (κ3) is 3.82. The standard InChI is InChI=1S/C14H15NO3S2/c1-10(16)11-7-8-15-14(9-11)19-12-3-5-13(6-4-12)20(2,17)18/h3-10,16H,1-2H3/t10-/m1/s1. The van der Waals surface area contributed by atoms with Crippen molar-refractivity contribution in [2.24, 2.45) is 0 Å². The first-order chi connectivity index (χ1) is 9.36. The highest BCUT2D eigenvalue weighted by atomic mass is 32.2. The van der Waals surface area contributed by atoms with E-state index in [0.29, 0.717) is 4.90 Å². The number of nitrogens with zero attached hydrogens (tertiary/aromatic N) is 1. The lowest BCUT2D eigenvalue weighted by Gasteiger charge is -2.07. The molecule has 2 rings (SSSR count). The van der Waals surface area contributed by atoms with Crippen LogP contribution in [-0.4, -0.2) is 24.8 Å². The number of rotatable bonds is 4. The van der Waals surface area contributed by atoms with Crippen LogP contribution in [0.5, 0.6) is 0 Å². The normalized spacial score (nSPS) is 13.2. The van der Waals surface area contributed by atoms with Gasteiger partial charge in [-0.1, -0.05) is 11.8 Å². The molecule has 0 saturated carbocycles. The van der Waals surface area contributed by atoms with E-state index in [4.69, 9.17) is 0 Å². The number of pyridine rings is 1. The van der Waals surface area contributed by atoms with Crippen molar-refractivity contribution in [2.75, 3.05) is 6.26 Å². The van der Waals surface area contributed by atoms with Gasteiger partial charge in [-0.3, -0.25) is 0 Å². The molecule has 0 aliphatic heterocycles. The molecule has 0 unspecified atom stereocenters. The van der Waals surface area contributed by atoms with Crippen molar-refractivity contribution in [1.82, 2.24) is 4.98 Å². The van der Waals surface area contributed by atoms with Crippen LogP contribution in [0.2, 0.25) is 0 Å². The molecule has 4 nitrogen and oxygen atoms in total. The molecule has 0 radical (unpaired) electrons. The summed E-state index contributed by atoms with van der Waals surface area (Å²) in [7, 11) is -3.17. The van der Waals surface area contributed by atoms with Crippen LogP contribution >= 0.6 is 11.8 Å². The fourth-order valence-corrected chi connectivity index (χ4v) is 3.07. The van der Waals surface area contributed by atoms with Crippen LogP contribution < -0.4 is 0 Å². The van der Waals surface area contributed by atoms with Gasteiger partial charge in [-0.2, -0.15) is 0 Å². The van der Waals surface area contributed by atoms with Crippen LogP contribution in [-0.2, 0) is 9.84 Å². The van der Waals surface area contributed by atoms with Crippen LogP contribution in [0.1, 0.15) is 18.6 Å². The van der Waals surface area contributed by atoms with Gasteiger partial charge in [0.2, 0.25) is 0 Å². The first-order valence-electron chi connectivity index (χ1n) is 5.98. The van der Waals surface area contributed by atoms with Gasteiger partial charge in [-0.25, -0.2) is 13.4 Å². The van der Waals surface area contributed by atoms with Crippen molar-refractivity contribution in [3.63, 3.8) is 0 Å². The van der Waals surface area contributed by atoms with Gasteiger partial charge in [0.15, 0.2) is 9.84 Å². The van der Waals surface area contributed by atoms with E-state index in [1.807, 2.05) is 6.07 Å². The largest absolute Gasteiger partial charge is 0.389 e. The summed E-state index contributed by atoms with van der Waals surface area (Å²) in [6, 6.07) is 10.2. The molecule has 2 aromatic rings. The summed E-state index contributed by atoms with van der Waals surface area (Å²) in [6.45, 7) is 1.70. The number of aliphatic hydroxyl groups excluding tert-OH is 1. The summed E-state index contributed by atoms with van der Waals surface area (Å²) >= 11 is 1.42. The number of hydrogen-bond donors (Lipinski definition) is 1. The number of aromatic nitrogens is 1. The minimum absolute atomic E-state index is 0.299. The summed E-state index contributed by atoms with van der Waals surface area (Å²) in [6.07, 6.45) is 2.29. The monoisotopic (exact) mass is 309 g/mol. The molecule has 1 heterocycles. The Morgan fingerprint density at radius 2 is 1.85 bits per heavy atom. The predicted octanol–water partition coefficient (Wildman–Crippen LogP) is 2.69. The molecule has 0 spiro atoms. The molecule has 106 valence electrons. The second kappa shape index (κ2) is 5.95. The maximum Gasteiger partial charge on any atom is 0.175 e. The Kier molecular flexibility index (Phi) is 4.47. The molecule has 0 amide bonds. The van der Waals surface area contributed by atoms with Crippen molar-refractivity contribution in [2.45, 2.75) is 27.8 Å². The maximum absolute atomic E-state index is 11.4. The molecule has 20 heavy (non-hydrogen) atoms. The molecular weight excluding hydrogens is 294 g/mol. The summed E-state index contributed by atoms with van der Waals surface area (Å²) < 4.78 is 22.8. The Hall–Kier alpha value is -1.37. The maximum atomic E-state index is 11.4. The van der Waals surface area contributed by atoms with E-state index in [9.17, 15) is 13.5 Å². The molecule has 1 aromatic heterocycles. The van der Waals surface area contributed by atoms with E-state index in [1.165, 1.54) is 18.0 Å². The average molecular weight is 309 g/mol. The molecule has 0 aliphatic rings. The summed E-state index contributed by atoms with van der Waals surface area (Å²) in [5, 5.41) is 10.3. The highest BCUT2D eigenvalue weighted by Crippen LogP contribution is 2.28. The number of sulfone groups is 1. The van der Waals surface area contributed by atoms with Gasteiger partial charge in [0.05, 0.1) is 11.0 Å². The molecule has 1 N–H and O–H groups in total. The molecule has 0 bridgehead atoms. The van der Waals surface area contributed by atoms with Gasteiger partial charge in [0.25, 0.3) is 0 Å². The van der Waals surface area contributed by atoms with Crippen molar-refractivity contribution in [1.29, 1.82) is 0 Å². The Labute approximate surface area is 122 Å². The lowest BCUT2D eigenvalue weighted by Crippen LogP contribution is -1.96. The van der Waals surface area contributed by atoms with Crippen LogP contribution in [0.15, 0.2) is 57.4 Å². The topological polar surface area (TPSA) is 67.3 Å². The number of hydrogen-bond acceptors (Lipinski definition) is 5. The van der Waals surface area contributed by atoms with Gasteiger partial charge in [0.1, 0.15) is 5.03 Å². The van der Waals surface area contributed by atoms with Crippen molar-refractivity contribution >= 4 is 21.6 Å². The fourth-order valence-electron chi connectivity index (χ4n) is 1.62. The minimum Gasteiger partial charge on any atom is -0.389 e. The van der Waals surface area contributed by atoms with Crippen molar-refractivity contribution in [3.8, 4) is 0 Å². The zero-order chi connectivity index (χ0) is 14.8. The lowest BCUT2D eigenvalue weighted by molar-refractivity contribution is 0.199. The fraction of sp³-hybridized carbons (Fsp3) is 0.214. The molecular formula is C14H15NO3S2. The van der Waals surface area contributed by atoms with E-state index in [-0.39, 0.29) is 0 Å². The average Bonchev–Trinajstić information content (AvgIpc) is 2.38. The molecule has 0 fully saturated rings. The molecule has 6 heteroatoms. The van der Waals surface area contributed by atoms with E-state index < -0.39 is 15.9 Å². The zero-order valence-electron chi connectivity index (χ0n) is 11.1. The van der Waals surface area contributed by atoms with Gasteiger partial charge >= 0.3 is 0 Å². The molecule has 1 atom stereocenters. The van der Waals surface area contributed by atoms with E-state index in [0.717, 1.165) is 15.5 Å². The van der Waals surface area contributed by atoms with Gasteiger partial charge in [-0.05, 0) is 48.9 Å². The Morgan fingerprint density at radius 3 is 2.40 bits per heavy atom. The minimum atomic E-state index is -3.17. The number of benzene rings is 1. The van der Waals surface area contributed by atoms with E-state index in [1.54, 1.807) is 43.5 Å². The Morgan fingerprint density at radius 1 is 1.20 bits per heavy atom. The Balaban J connectivity index is 2.20. The van der Waals surface area contributed by atoms with Crippen LogP contribution in [0.4, 0.5) is 0 Å². The Bertz CT molecular complexity index is 695. The zero-order valence-corrected chi connectivity index (χ0v) is 12.8. The number of aliphatic hydroxyl groups is 1. The van der Waals surface area contributed by atoms with E-state index >= 15 is 0 Å². The second-order valence-corrected chi connectivity index (χ2v) is 7.56. The quantitative estimate of drug-likeness (QED) is 0.940. The third-order valence-corrected chi connectivity index (χ3v) is 4.78. The van der Waals surface area contributed by atoms with Crippen molar-refractivity contribution in [3.05, 3.63) is 48.2 Å². The van der Waals surface area contributed by atoms with Gasteiger partial charge < -0.3 is 5.11 Å². The summed E-state index contributed by atoms with van der Waals surface area (Å²) in [5.41, 5.74) is 0.801. The lowest BCUT2D eigenvalue weighted by atomic mass is 10.2. The molecule has 0 saturated heterocycles. The first-order valence-corrected chi connectivity index (χ1v) is 8.69. The predicted molar refractivity (Wildman–Crippen MR) is 78.5 cm³/mol. The van der Waals surface area contributed by atoms with Crippen LogP contribution in [0.25, 0.3) is 0 Å². The first kappa shape index (κ1) is 15.0. The highest BCUT2D eigenvalue weighted by molar-refractivity contribution is 7.99. The van der Waals surface area contributed by atoms with Gasteiger partial charge in [-0.15, -0.1) is 0 Å².